The van der Waals surface area contributed by atoms with E-state index in [4.69, 9.17) is 9.47 Å². The van der Waals surface area contributed by atoms with Gasteiger partial charge in [0.25, 0.3) is 0 Å². The number of rotatable bonds is 12. The summed E-state index contributed by atoms with van der Waals surface area (Å²) in [4.78, 5) is 2.08. The highest BCUT2D eigenvalue weighted by Gasteiger charge is 2.24. The molecule has 0 aliphatic heterocycles. The smallest absolute Gasteiger partial charge is 0.227 e. The Labute approximate surface area is 199 Å². The van der Waals surface area contributed by atoms with Crippen molar-refractivity contribution in [3.8, 4) is 17.3 Å². The highest BCUT2D eigenvalue weighted by molar-refractivity contribution is 5.43. The Kier molecular flexibility index (Phi) is 8.92. The normalized spacial score (nSPS) is 12.4. The number of hydrogen-bond acceptors (Lipinski definition) is 5. The molecule has 1 heterocycles. The molecule has 1 unspecified atom stereocenters. The second-order valence-corrected chi connectivity index (χ2v) is 8.32. The topological polar surface area (TPSA) is 59.8 Å². The summed E-state index contributed by atoms with van der Waals surface area (Å²) in [5, 5.41) is 15.1. The van der Waals surface area contributed by atoms with Crippen molar-refractivity contribution in [3.05, 3.63) is 84.1 Å². The van der Waals surface area contributed by atoms with Gasteiger partial charge in [0.1, 0.15) is 17.4 Å². The number of ether oxygens (including phenoxy) is 2. The molecule has 1 atom stereocenters. The maximum Gasteiger partial charge on any atom is 0.227 e. The van der Waals surface area contributed by atoms with E-state index in [9.17, 15) is 13.9 Å². The molecule has 2 aromatic carbocycles. The zero-order chi connectivity index (χ0) is 24.7. The third-order valence-corrected chi connectivity index (χ3v) is 5.30. The van der Waals surface area contributed by atoms with Crippen LogP contribution < -0.4 is 4.74 Å². The second-order valence-electron chi connectivity index (χ2n) is 8.32. The molecule has 0 amide bonds. The Morgan fingerprint density at radius 3 is 2.53 bits per heavy atom. The fraction of sp³-hybridized carbons (Fsp3) is 0.346. The molecule has 0 aliphatic rings. The van der Waals surface area contributed by atoms with Crippen LogP contribution in [0.1, 0.15) is 25.1 Å². The lowest BCUT2D eigenvalue weighted by Gasteiger charge is -2.29. The van der Waals surface area contributed by atoms with Crippen molar-refractivity contribution in [2.24, 2.45) is 0 Å². The molecule has 34 heavy (non-hydrogen) atoms. The van der Waals surface area contributed by atoms with Crippen LogP contribution in [0.25, 0.3) is 5.69 Å². The van der Waals surface area contributed by atoms with Gasteiger partial charge >= 0.3 is 0 Å². The lowest BCUT2D eigenvalue weighted by Crippen LogP contribution is -2.39. The van der Waals surface area contributed by atoms with Crippen LogP contribution in [0, 0.1) is 18.6 Å². The molecule has 8 heteroatoms. The minimum absolute atomic E-state index is 0.102. The van der Waals surface area contributed by atoms with E-state index in [-0.39, 0.29) is 18.5 Å². The SMILES string of the molecule is C=CCOCC(O)CN(Cc1c(C)nn(-c2ccc(F)cc2)c1Oc1cccc(F)c1)C(C)C. The van der Waals surface area contributed by atoms with Crippen molar-refractivity contribution in [1.82, 2.24) is 14.7 Å². The molecular formula is C26H31F2N3O3. The molecule has 3 rings (SSSR count). The Hall–Kier alpha value is -3.07. The van der Waals surface area contributed by atoms with E-state index in [1.807, 2.05) is 20.8 Å². The second kappa shape index (κ2) is 11.9. The standard InChI is InChI=1S/C26H31F2N3O3/c1-5-13-33-17-23(32)15-30(18(2)3)16-25-19(4)29-31(22-11-9-20(27)10-12-22)26(25)34-24-8-6-7-21(28)14-24/h5-12,14,18,23,32H,1,13,15-17H2,2-4H3. The Balaban J connectivity index is 1.95. The summed E-state index contributed by atoms with van der Waals surface area (Å²) >= 11 is 0. The van der Waals surface area contributed by atoms with Crippen LogP contribution in [0.3, 0.4) is 0 Å². The molecule has 1 aromatic heterocycles. The highest BCUT2D eigenvalue weighted by atomic mass is 19.1. The van der Waals surface area contributed by atoms with E-state index in [0.717, 1.165) is 5.56 Å². The van der Waals surface area contributed by atoms with Crippen molar-refractivity contribution in [1.29, 1.82) is 0 Å². The summed E-state index contributed by atoms with van der Waals surface area (Å²) < 4.78 is 40.5. The van der Waals surface area contributed by atoms with Gasteiger partial charge in [0.05, 0.1) is 36.3 Å². The van der Waals surface area contributed by atoms with Gasteiger partial charge in [0, 0.05) is 25.2 Å². The van der Waals surface area contributed by atoms with Crippen molar-refractivity contribution in [2.45, 2.75) is 39.5 Å². The number of aliphatic hydroxyl groups is 1. The van der Waals surface area contributed by atoms with Gasteiger partial charge in [-0.15, -0.1) is 6.58 Å². The van der Waals surface area contributed by atoms with Gasteiger partial charge in [-0.2, -0.15) is 5.10 Å². The van der Waals surface area contributed by atoms with Crippen molar-refractivity contribution < 1.29 is 23.4 Å². The lowest BCUT2D eigenvalue weighted by molar-refractivity contribution is 0.0177. The number of aryl methyl sites for hydroxylation is 1. The van der Waals surface area contributed by atoms with Gasteiger partial charge in [0.2, 0.25) is 5.88 Å². The largest absolute Gasteiger partial charge is 0.438 e. The number of nitrogens with zero attached hydrogens (tertiary/aromatic N) is 3. The van der Waals surface area contributed by atoms with Crippen LogP contribution in [-0.2, 0) is 11.3 Å². The first kappa shape index (κ1) is 25.6. The first-order valence-corrected chi connectivity index (χ1v) is 11.2. The van der Waals surface area contributed by atoms with Gasteiger partial charge in [-0.1, -0.05) is 12.1 Å². The Morgan fingerprint density at radius 1 is 1.15 bits per heavy atom. The molecule has 0 bridgehead atoms. The van der Waals surface area contributed by atoms with Crippen molar-refractivity contribution >= 4 is 0 Å². The van der Waals surface area contributed by atoms with Crippen LogP contribution in [0.5, 0.6) is 11.6 Å². The van der Waals surface area contributed by atoms with Gasteiger partial charge in [-0.05, 0) is 57.2 Å². The van der Waals surface area contributed by atoms with Gasteiger partial charge in [-0.25, -0.2) is 13.5 Å². The average Bonchev–Trinajstić information content (AvgIpc) is 3.09. The molecule has 0 saturated carbocycles. The quantitative estimate of drug-likeness (QED) is 0.297. The van der Waals surface area contributed by atoms with Gasteiger partial charge in [0.15, 0.2) is 0 Å². The van der Waals surface area contributed by atoms with Crippen LogP contribution in [-0.4, -0.2) is 51.7 Å². The summed E-state index contributed by atoms with van der Waals surface area (Å²) in [6, 6.07) is 11.9. The maximum absolute atomic E-state index is 13.8. The van der Waals surface area contributed by atoms with Crippen LogP contribution in [0.15, 0.2) is 61.2 Å². The molecule has 182 valence electrons. The highest BCUT2D eigenvalue weighted by Crippen LogP contribution is 2.32. The summed E-state index contributed by atoms with van der Waals surface area (Å²) in [7, 11) is 0. The molecule has 0 fully saturated rings. The minimum atomic E-state index is -0.692. The van der Waals surface area contributed by atoms with E-state index in [2.05, 4.69) is 16.6 Å². The summed E-state index contributed by atoms with van der Waals surface area (Å²) in [6.45, 7) is 10.9. The Morgan fingerprint density at radius 2 is 1.88 bits per heavy atom. The predicted molar refractivity (Wildman–Crippen MR) is 127 cm³/mol. The van der Waals surface area contributed by atoms with Crippen molar-refractivity contribution in [3.63, 3.8) is 0 Å². The number of halogens is 2. The zero-order valence-electron chi connectivity index (χ0n) is 19.7. The molecule has 1 N–H and O–H groups in total. The fourth-order valence-electron chi connectivity index (χ4n) is 3.50. The predicted octanol–water partition coefficient (Wildman–Crippen LogP) is 5.03. The summed E-state index contributed by atoms with van der Waals surface area (Å²) in [5.74, 6) is -0.0645. The third kappa shape index (κ3) is 6.72. The molecule has 6 nitrogen and oxygen atoms in total. The molecule has 0 saturated heterocycles. The summed E-state index contributed by atoms with van der Waals surface area (Å²) in [6.07, 6.45) is 0.943. The Bertz CT molecular complexity index is 1080. The molecule has 0 aliphatic carbocycles. The number of aromatic nitrogens is 2. The van der Waals surface area contributed by atoms with Gasteiger partial charge in [-0.3, -0.25) is 4.90 Å². The molecule has 3 aromatic rings. The van der Waals surface area contributed by atoms with Crippen LogP contribution in [0.4, 0.5) is 8.78 Å². The molecule has 0 spiro atoms. The van der Waals surface area contributed by atoms with E-state index < -0.39 is 11.9 Å². The van der Waals surface area contributed by atoms with Gasteiger partial charge < -0.3 is 14.6 Å². The molecular weight excluding hydrogens is 440 g/mol. The van der Waals surface area contributed by atoms with E-state index >= 15 is 0 Å². The van der Waals surface area contributed by atoms with Crippen LogP contribution in [0.2, 0.25) is 0 Å². The average molecular weight is 472 g/mol. The third-order valence-electron chi connectivity index (χ3n) is 5.30. The fourth-order valence-corrected chi connectivity index (χ4v) is 3.50. The number of benzene rings is 2. The van der Waals surface area contributed by atoms with E-state index in [0.29, 0.717) is 42.7 Å². The lowest BCUT2D eigenvalue weighted by atomic mass is 10.2. The first-order valence-electron chi connectivity index (χ1n) is 11.2. The maximum atomic E-state index is 13.8. The minimum Gasteiger partial charge on any atom is -0.438 e. The summed E-state index contributed by atoms with van der Waals surface area (Å²) in [5.41, 5.74) is 2.09. The van der Waals surface area contributed by atoms with E-state index in [1.54, 1.807) is 35.0 Å². The van der Waals surface area contributed by atoms with E-state index in [1.165, 1.54) is 24.3 Å². The first-order chi connectivity index (χ1) is 16.3. The monoisotopic (exact) mass is 471 g/mol. The van der Waals surface area contributed by atoms with Crippen molar-refractivity contribution in [2.75, 3.05) is 19.8 Å². The molecule has 0 radical (unpaired) electrons. The number of aliphatic hydroxyl groups excluding tert-OH is 1. The number of hydrogen-bond donors (Lipinski definition) is 1. The zero-order valence-corrected chi connectivity index (χ0v) is 19.7. The van der Waals surface area contributed by atoms with Crippen LogP contribution >= 0.6 is 0 Å².